The number of thioether (sulfide) groups is 1. The van der Waals surface area contributed by atoms with Gasteiger partial charge < -0.3 is 0 Å². The first-order chi connectivity index (χ1) is 7.65. The fraction of sp³-hybridized carbons (Fsp3) is 0.231. The highest BCUT2D eigenvalue weighted by Gasteiger charge is 2.02. The Balaban J connectivity index is 2.07. The van der Waals surface area contributed by atoms with E-state index >= 15 is 0 Å². The summed E-state index contributed by atoms with van der Waals surface area (Å²) < 4.78 is 1.21. The van der Waals surface area contributed by atoms with Gasteiger partial charge in [-0.25, -0.2) is 0 Å². The van der Waals surface area contributed by atoms with E-state index in [0.29, 0.717) is 0 Å². The van der Waals surface area contributed by atoms with Gasteiger partial charge in [0.25, 0.3) is 0 Å². The lowest BCUT2D eigenvalue weighted by Gasteiger charge is -2.05. The van der Waals surface area contributed by atoms with E-state index in [1.807, 2.05) is 23.1 Å². The first-order valence-corrected chi connectivity index (χ1v) is 7.69. The summed E-state index contributed by atoms with van der Waals surface area (Å²) in [5, 5.41) is 0. The normalized spacial score (nSPS) is 10.7. The molecule has 1 heterocycles. The summed E-state index contributed by atoms with van der Waals surface area (Å²) in [5.41, 5.74) is 2.70. The maximum absolute atomic E-state index is 3.49. The van der Waals surface area contributed by atoms with Gasteiger partial charge in [-0.05, 0) is 53.5 Å². The number of halogens is 1. The molecule has 16 heavy (non-hydrogen) atoms. The van der Waals surface area contributed by atoms with Gasteiger partial charge in [0.15, 0.2) is 0 Å². The molecular formula is C13H13BrS2. The van der Waals surface area contributed by atoms with Crippen LogP contribution in [-0.4, -0.2) is 0 Å². The molecule has 0 aliphatic heterocycles. The Morgan fingerprint density at radius 1 is 1.19 bits per heavy atom. The van der Waals surface area contributed by atoms with E-state index in [-0.39, 0.29) is 0 Å². The molecule has 0 unspecified atom stereocenters. The molecule has 2 rings (SSSR count). The van der Waals surface area contributed by atoms with E-state index in [1.165, 1.54) is 24.7 Å². The summed E-state index contributed by atoms with van der Waals surface area (Å²) in [7, 11) is 0. The quantitative estimate of drug-likeness (QED) is 0.682. The molecule has 84 valence electrons. The molecular weight excluding hydrogens is 300 g/mol. The largest absolute Gasteiger partial charge is 0.132 e. The van der Waals surface area contributed by atoms with Gasteiger partial charge in [-0.3, -0.25) is 0 Å². The van der Waals surface area contributed by atoms with Gasteiger partial charge in [0, 0.05) is 15.5 Å². The number of benzene rings is 1. The van der Waals surface area contributed by atoms with E-state index in [1.54, 1.807) is 0 Å². The van der Waals surface area contributed by atoms with E-state index in [0.717, 1.165) is 5.75 Å². The second-order valence-corrected chi connectivity index (χ2v) is 7.33. The third kappa shape index (κ3) is 3.12. The molecule has 0 radical (unpaired) electrons. The minimum absolute atomic E-state index is 1.06. The van der Waals surface area contributed by atoms with Crippen LogP contribution in [0.3, 0.4) is 0 Å². The van der Waals surface area contributed by atoms with Gasteiger partial charge >= 0.3 is 0 Å². The number of rotatable bonds is 3. The van der Waals surface area contributed by atoms with Crippen molar-refractivity contribution in [1.29, 1.82) is 0 Å². The summed E-state index contributed by atoms with van der Waals surface area (Å²) in [6, 6.07) is 10.9. The lowest BCUT2D eigenvalue weighted by Crippen LogP contribution is -1.82. The second-order valence-electron chi connectivity index (χ2n) is 3.76. The van der Waals surface area contributed by atoms with Crippen LogP contribution in [0.4, 0.5) is 0 Å². The second kappa shape index (κ2) is 5.39. The van der Waals surface area contributed by atoms with Crippen molar-refractivity contribution in [3.8, 4) is 0 Å². The molecule has 3 heteroatoms. The van der Waals surface area contributed by atoms with E-state index in [9.17, 15) is 0 Å². The maximum Gasteiger partial charge on any atom is 0.0701 e. The number of aryl methyl sites for hydroxylation is 2. The Kier molecular flexibility index (Phi) is 4.11. The zero-order chi connectivity index (χ0) is 11.5. The molecule has 0 amide bonds. The van der Waals surface area contributed by atoms with Gasteiger partial charge in [-0.2, -0.15) is 0 Å². The van der Waals surface area contributed by atoms with Crippen molar-refractivity contribution in [2.75, 3.05) is 0 Å². The van der Waals surface area contributed by atoms with Crippen molar-refractivity contribution in [2.24, 2.45) is 0 Å². The van der Waals surface area contributed by atoms with Crippen molar-refractivity contribution in [3.63, 3.8) is 0 Å². The molecule has 1 aromatic carbocycles. The minimum atomic E-state index is 1.06. The summed E-state index contributed by atoms with van der Waals surface area (Å²) in [6.07, 6.45) is 0. The Morgan fingerprint density at radius 3 is 2.69 bits per heavy atom. The van der Waals surface area contributed by atoms with E-state index in [2.05, 4.69) is 60.1 Å². The van der Waals surface area contributed by atoms with Gasteiger partial charge in [0.2, 0.25) is 0 Å². The molecule has 0 saturated heterocycles. The predicted octanol–water partition coefficient (Wildman–Crippen LogP) is 5.42. The predicted molar refractivity (Wildman–Crippen MR) is 77.5 cm³/mol. The Morgan fingerprint density at radius 2 is 2.00 bits per heavy atom. The highest BCUT2D eigenvalue weighted by molar-refractivity contribution is 9.11. The standard InChI is InChI=1S/C13H13BrS2/c1-9-3-4-10(2)12(7-9)15-8-11-5-6-13(14)16-11/h3-7H,8H2,1-2H3. The fourth-order valence-corrected chi connectivity index (χ4v) is 4.09. The summed E-state index contributed by atoms with van der Waals surface area (Å²) in [6.45, 7) is 4.32. The first kappa shape index (κ1) is 12.2. The molecule has 0 fully saturated rings. The average Bonchev–Trinajstić information content (AvgIpc) is 2.66. The SMILES string of the molecule is Cc1ccc(C)c(SCc2ccc(Br)s2)c1. The third-order valence-electron chi connectivity index (χ3n) is 2.34. The van der Waals surface area contributed by atoms with Crippen molar-refractivity contribution >= 4 is 39.0 Å². The molecule has 0 spiro atoms. The van der Waals surface area contributed by atoms with Crippen molar-refractivity contribution in [3.05, 3.63) is 50.1 Å². The van der Waals surface area contributed by atoms with Crippen LogP contribution in [0.15, 0.2) is 39.0 Å². The number of hydrogen-bond acceptors (Lipinski definition) is 2. The van der Waals surface area contributed by atoms with Crippen LogP contribution >= 0.6 is 39.0 Å². The Hall–Kier alpha value is -0.250. The summed E-state index contributed by atoms with van der Waals surface area (Å²) >= 11 is 7.22. The third-order valence-corrected chi connectivity index (χ3v) is 5.35. The first-order valence-electron chi connectivity index (χ1n) is 5.09. The topological polar surface area (TPSA) is 0 Å². The van der Waals surface area contributed by atoms with Gasteiger partial charge in [0.05, 0.1) is 3.79 Å². The van der Waals surface area contributed by atoms with E-state index in [4.69, 9.17) is 0 Å². The zero-order valence-corrected chi connectivity index (χ0v) is 12.5. The molecule has 2 aromatic rings. The summed E-state index contributed by atoms with van der Waals surface area (Å²) in [5.74, 6) is 1.06. The number of hydrogen-bond donors (Lipinski definition) is 0. The summed E-state index contributed by atoms with van der Waals surface area (Å²) in [4.78, 5) is 2.81. The molecule has 0 aliphatic carbocycles. The molecule has 0 atom stereocenters. The van der Waals surface area contributed by atoms with Gasteiger partial charge in [-0.1, -0.05) is 17.7 Å². The van der Waals surface area contributed by atoms with Crippen LogP contribution in [0, 0.1) is 13.8 Å². The van der Waals surface area contributed by atoms with Gasteiger partial charge in [-0.15, -0.1) is 23.1 Å². The average molecular weight is 313 g/mol. The van der Waals surface area contributed by atoms with Crippen LogP contribution in [0.2, 0.25) is 0 Å². The maximum atomic E-state index is 3.49. The highest BCUT2D eigenvalue weighted by atomic mass is 79.9. The Labute approximate surface area is 113 Å². The van der Waals surface area contributed by atoms with Crippen molar-refractivity contribution in [1.82, 2.24) is 0 Å². The highest BCUT2D eigenvalue weighted by Crippen LogP contribution is 2.31. The van der Waals surface area contributed by atoms with Crippen molar-refractivity contribution < 1.29 is 0 Å². The lowest BCUT2D eigenvalue weighted by atomic mass is 10.2. The van der Waals surface area contributed by atoms with Crippen LogP contribution in [0.5, 0.6) is 0 Å². The van der Waals surface area contributed by atoms with Gasteiger partial charge in [0.1, 0.15) is 0 Å². The Bertz CT molecular complexity index is 488. The monoisotopic (exact) mass is 312 g/mol. The van der Waals surface area contributed by atoms with Crippen LogP contribution in [-0.2, 0) is 5.75 Å². The van der Waals surface area contributed by atoms with Crippen LogP contribution < -0.4 is 0 Å². The van der Waals surface area contributed by atoms with Crippen LogP contribution in [0.1, 0.15) is 16.0 Å². The molecule has 0 aliphatic rings. The zero-order valence-electron chi connectivity index (χ0n) is 9.29. The molecule has 0 saturated carbocycles. The lowest BCUT2D eigenvalue weighted by molar-refractivity contribution is 1.26. The fourth-order valence-electron chi connectivity index (χ4n) is 1.44. The molecule has 0 nitrogen and oxygen atoms in total. The smallest absolute Gasteiger partial charge is 0.0701 e. The van der Waals surface area contributed by atoms with E-state index < -0.39 is 0 Å². The molecule has 0 N–H and O–H groups in total. The van der Waals surface area contributed by atoms with Crippen LogP contribution in [0.25, 0.3) is 0 Å². The molecule has 1 aromatic heterocycles. The molecule has 0 bridgehead atoms. The number of thiophene rings is 1. The minimum Gasteiger partial charge on any atom is -0.132 e. The van der Waals surface area contributed by atoms with Crippen molar-refractivity contribution in [2.45, 2.75) is 24.5 Å².